The predicted octanol–water partition coefficient (Wildman–Crippen LogP) is 3.21. The second-order valence-electron chi connectivity index (χ2n) is 11.0. The molecule has 0 atom stereocenters. The first-order chi connectivity index (χ1) is 16.9. The fourth-order valence-electron chi connectivity index (χ4n) is 7.29. The van der Waals surface area contributed by atoms with E-state index in [4.69, 9.17) is 0 Å². The molecule has 4 fully saturated rings. The van der Waals surface area contributed by atoms with Gasteiger partial charge in [0.15, 0.2) is 5.65 Å². The molecule has 2 N–H and O–H groups in total. The summed E-state index contributed by atoms with van der Waals surface area (Å²) in [5.41, 5.74) is 2.02. The quantitative estimate of drug-likeness (QED) is 0.551. The molecule has 8 heteroatoms. The van der Waals surface area contributed by atoms with E-state index in [9.17, 15) is 14.4 Å². The molecule has 7 rings (SSSR count). The van der Waals surface area contributed by atoms with E-state index < -0.39 is 0 Å². The third-order valence-corrected chi connectivity index (χ3v) is 8.18. The molecule has 3 aromatic rings. The summed E-state index contributed by atoms with van der Waals surface area (Å²) in [5.74, 6) is 2.15. The van der Waals surface area contributed by atoms with E-state index in [-0.39, 0.29) is 29.5 Å². The molecular weight excluding hydrogens is 442 g/mol. The van der Waals surface area contributed by atoms with Crippen LogP contribution in [0.5, 0.6) is 0 Å². The van der Waals surface area contributed by atoms with Crippen LogP contribution in [0.4, 0.5) is 5.69 Å². The molecule has 1 aromatic carbocycles. The maximum Gasteiger partial charge on any atom is 0.350 e. The van der Waals surface area contributed by atoms with Gasteiger partial charge in [-0.15, -0.1) is 5.10 Å². The van der Waals surface area contributed by atoms with Gasteiger partial charge >= 0.3 is 5.69 Å². The van der Waals surface area contributed by atoms with E-state index in [1.165, 1.54) is 47.6 Å². The lowest BCUT2D eigenvalue weighted by molar-refractivity contribution is -0.131. The number of rotatable bonds is 7. The van der Waals surface area contributed by atoms with Gasteiger partial charge in [0.1, 0.15) is 0 Å². The lowest BCUT2D eigenvalue weighted by Gasteiger charge is -2.56. The number of pyridine rings is 1. The average Bonchev–Trinajstić information content (AvgIpc) is 3.12. The van der Waals surface area contributed by atoms with Crippen LogP contribution >= 0.6 is 0 Å². The highest BCUT2D eigenvalue weighted by Gasteiger charge is 2.51. The summed E-state index contributed by atoms with van der Waals surface area (Å²) >= 11 is 0. The number of anilines is 1. The van der Waals surface area contributed by atoms with Crippen LogP contribution in [0.25, 0.3) is 5.65 Å². The molecule has 2 heterocycles. The number of nitrogens with zero attached hydrogens (tertiary/aromatic N) is 3. The van der Waals surface area contributed by atoms with E-state index in [0.717, 1.165) is 23.3 Å². The number of carbonyl (C=O) groups is 2. The van der Waals surface area contributed by atoms with Crippen molar-refractivity contribution < 1.29 is 9.59 Å². The number of carbonyl (C=O) groups excluding carboxylic acids is 2. The van der Waals surface area contributed by atoms with Crippen molar-refractivity contribution in [2.24, 2.45) is 23.2 Å². The standard InChI is InChI=1S/C27H31N5O3/c33-24(15-27-12-19-8-20(13-27)10-21(9-19)14-27)28-16-25(34)29-22-5-3-4-18(11-22)17-32-26(35)31-7-2-1-6-23(31)30-32/h1-7,11,19-21H,8-10,12-17H2,(H,28,33)(H,29,34). The van der Waals surface area contributed by atoms with Gasteiger partial charge in [-0.2, -0.15) is 0 Å². The van der Waals surface area contributed by atoms with E-state index >= 15 is 0 Å². The Kier molecular flexibility index (Phi) is 5.46. The predicted molar refractivity (Wildman–Crippen MR) is 132 cm³/mol. The second kappa shape index (κ2) is 8.66. The first-order valence-electron chi connectivity index (χ1n) is 12.6. The minimum absolute atomic E-state index is 0.0120. The Hall–Kier alpha value is -3.42. The largest absolute Gasteiger partial charge is 0.350 e. The van der Waals surface area contributed by atoms with Crippen molar-refractivity contribution in [1.82, 2.24) is 19.5 Å². The Morgan fingerprint density at radius 3 is 2.43 bits per heavy atom. The van der Waals surface area contributed by atoms with Crippen molar-refractivity contribution in [3.8, 4) is 0 Å². The SMILES string of the molecule is O=C(CC12CC3CC(CC(C3)C1)C2)NCC(=O)Nc1cccc(Cn2nc3ccccn3c2=O)c1. The van der Waals surface area contributed by atoms with Crippen LogP contribution in [0.1, 0.15) is 50.5 Å². The maximum absolute atomic E-state index is 12.7. The molecule has 0 aliphatic heterocycles. The highest BCUT2D eigenvalue weighted by Crippen LogP contribution is 2.61. The van der Waals surface area contributed by atoms with Crippen LogP contribution in [-0.2, 0) is 16.1 Å². The molecule has 2 amide bonds. The van der Waals surface area contributed by atoms with Crippen LogP contribution in [0.2, 0.25) is 0 Å². The monoisotopic (exact) mass is 473 g/mol. The Balaban J connectivity index is 1.03. The zero-order chi connectivity index (χ0) is 24.0. The Bertz CT molecular complexity index is 1300. The molecule has 0 radical (unpaired) electrons. The summed E-state index contributed by atoms with van der Waals surface area (Å²) in [5, 5.41) is 10.1. The van der Waals surface area contributed by atoms with Crippen LogP contribution in [0, 0.1) is 23.2 Å². The normalized spacial score (nSPS) is 26.7. The molecule has 4 bridgehead atoms. The number of fused-ring (bicyclic) bond motifs is 1. The van der Waals surface area contributed by atoms with Crippen molar-refractivity contribution in [2.75, 3.05) is 11.9 Å². The first kappa shape index (κ1) is 22.1. The van der Waals surface area contributed by atoms with Crippen LogP contribution in [0.3, 0.4) is 0 Å². The van der Waals surface area contributed by atoms with Gasteiger partial charge in [-0.3, -0.25) is 14.0 Å². The number of benzene rings is 1. The lowest BCUT2D eigenvalue weighted by Crippen LogP contribution is -2.48. The number of nitrogens with one attached hydrogen (secondary N) is 2. The van der Waals surface area contributed by atoms with Gasteiger partial charge in [-0.25, -0.2) is 9.48 Å². The Morgan fingerprint density at radius 1 is 0.971 bits per heavy atom. The van der Waals surface area contributed by atoms with Gasteiger partial charge in [0.25, 0.3) is 0 Å². The molecule has 182 valence electrons. The Labute approximate surface area is 203 Å². The van der Waals surface area contributed by atoms with Gasteiger partial charge in [-0.05, 0) is 91.5 Å². The van der Waals surface area contributed by atoms with E-state index in [2.05, 4.69) is 15.7 Å². The maximum atomic E-state index is 12.7. The zero-order valence-electron chi connectivity index (χ0n) is 19.8. The molecule has 4 aliphatic carbocycles. The van der Waals surface area contributed by atoms with Gasteiger partial charge in [-0.1, -0.05) is 18.2 Å². The fourth-order valence-corrected chi connectivity index (χ4v) is 7.29. The molecule has 0 unspecified atom stereocenters. The number of amides is 2. The highest BCUT2D eigenvalue weighted by molar-refractivity contribution is 5.94. The van der Waals surface area contributed by atoms with Crippen molar-refractivity contribution in [3.05, 3.63) is 64.7 Å². The molecule has 35 heavy (non-hydrogen) atoms. The summed E-state index contributed by atoms with van der Waals surface area (Å²) in [4.78, 5) is 37.8. The molecule has 2 aromatic heterocycles. The van der Waals surface area contributed by atoms with Gasteiger partial charge in [0.2, 0.25) is 11.8 Å². The number of hydrogen-bond donors (Lipinski definition) is 2. The van der Waals surface area contributed by atoms with Gasteiger partial charge in [0.05, 0.1) is 13.1 Å². The van der Waals surface area contributed by atoms with Crippen LogP contribution in [0.15, 0.2) is 53.5 Å². The molecular formula is C27H31N5O3. The molecule has 0 spiro atoms. The van der Waals surface area contributed by atoms with Gasteiger partial charge in [0, 0.05) is 18.3 Å². The van der Waals surface area contributed by atoms with Crippen molar-refractivity contribution in [1.29, 1.82) is 0 Å². The third kappa shape index (κ3) is 4.49. The van der Waals surface area contributed by atoms with Crippen LogP contribution < -0.4 is 16.3 Å². The minimum atomic E-state index is -0.258. The first-order valence-corrected chi connectivity index (χ1v) is 12.6. The van der Waals surface area contributed by atoms with E-state index in [1.54, 1.807) is 24.4 Å². The third-order valence-electron chi connectivity index (χ3n) is 8.18. The minimum Gasteiger partial charge on any atom is -0.347 e. The van der Waals surface area contributed by atoms with Crippen LogP contribution in [-0.4, -0.2) is 32.5 Å². The number of hydrogen-bond acceptors (Lipinski definition) is 4. The smallest absolute Gasteiger partial charge is 0.347 e. The van der Waals surface area contributed by atoms with Gasteiger partial charge < -0.3 is 10.6 Å². The number of aromatic nitrogens is 3. The van der Waals surface area contributed by atoms with Crippen molar-refractivity contribution in [2.45, 2.75) is 51.5 Å². The van der Waals surface area contributed by atoms with E-state index in [0.29, 0.717) is 24.3 Å². The zero-order valence-corrected chi connectivity index (χ0v) is 19.8. The average molecular weight is 474 g/mol. The Morgan fingerprint density at radius 2 is 1.71 bits per heavy atom. The fraction of sp³-hybridized carbons (Fsp3) is 0.481. The topological polar surface area (TPSA) is 97.5 Å². The van der Waals surface area contributed by atoms with Crippen molar-refractivity contribution in [3.63, 3.8) is 0 Å². The summed E-state index contributed by atoms with van der Waals surface area (Å²) in [6.45, 7) is 0.257. The molecule has 4 saturated carbocycles. The highest BCUT2D eigenvalue weighted by atomic mass is 16.2. The summed E-state index contributed by atoms with van der Waals surface area (Å²) in [6.07, 6.45) is 9.85. The van der Waals surface area contributed by atoms with E-state index in [1.807, 2.05) is 24.3 Å². The summed E-state index contributed by atoms with van der Waals surface area (Å²) < 4.78 is 2.90. The van der Waals surface area contributed by atoms with Crippen molar-refractivity contribution >= 4 is 23.1 Å². The molecule has 4 aliphatic rings. The summed E-state index contributed by atoms with van der Waals surface area (Å²) in [6, 6.07) is 12.8. The second-order valence-corrected chi connectivity index (χ2v) is 11.0. The molecule has 8 nitrogen and oxygen atoms in total. The summed E-state index contributed by atoms with van der Waals surface area (Å²) in [7, 11) is 0. The lowest BCUT2D eigenvalue weighted by atomic mass is 9.49. The molecule has 0 saturated heterocycles.